The monoisotopic (exact) mass is 379 g/mol. The van der Waals surface area contributed by atoms with E-state index in [1.54, 1.807) is 0 Å². The van der Waals surface area contributed by atoms with Crippen LogP contribution in [-0.4, -0.2) is 36.3 Å². The van der Waals surface area contributed by atoms with Crippen molar-refractivity contribution in [3.05, 3.63) is 64.2 Å². The van der Waals surface area contributed by atoms with Gasteiger partial charge in [0.1, 0.15) is 5.75 Å². The normalized spacial score (nSPS) is 20.0. The molecule has 2 aliphatic heterocycles. The number of hydrogen-bond donors (Lipinski definition) is 1. The van der Waals surface area contributed by atoms with Crippen molar-refractivity contribution >= 4 is 0 Å². The van der Waals surface area contributed by atoms with Crippen molar-refractivity contribution in [2.75, 3.05) is 26.3 Å². The molecule has 0 fully saturated rings. The Morgan fingerprint density at radius 3 is 2.68 bits per heavy atom. The quantitative estimate of drug-likeness (QED) is 0.780. The number of benzene rings is 2. The highest BCUT2D eigenvalue weighted by molar-refractivity contribution is 5.42. The van der Waals surface area contributed by atoms with E-state index in [1.807, 2.05) is 0 Å². The Hall–Kier alpha value is -1.84. The first-order chi connectivity index (χ1) is 13.5. The zero-order valence-electron chi connectivity index (χ0n) is 17.4. The highest BCUT2D eigenvalue weighted by atomic mass is 16.5. The largest absolute Gasteiger partial charge is 0.493 e. The molecule has 2 heterocycles. The zero-order chi connectivity index (χ0) is 19.7. The molecule has 28 heavy (non-hydrogen) atoms. The molecule has 2 atom stereocenters. The van der Waals surface area contributed by atoms with Crippen LogP contribution in [0.3, 0.4) is 0 Å². The summed E-state index contributed by atoms with van der Waals surface area (Å²) in [4.78, 5) is 2.41. The Bertz CT molecular complexity index is 829. The second kappa shape index (κ2) is 8.26. The highest BCUT2D eigenvalue weighted by Crippen LogP contribution is 2.38. The molecule has 0 bridgehead atoms. The van der Waals surface area contributed by atoms with Crippen molar-refractivity contribution in [3.8, 4) is 5.75 Å². The van der Waals surface area contributed by atoms with E-state index in [2.05, 4.69) is 62.1 Å². The van der Waals surface area contributed by atoms with Crippen LogP contribution in [0.25, 0.3) is 0 Å². The van der Waals surface area contributed by atoms with Crippen LogP contribution in [0.2, 0.25) is 0 Å². The molecule has 2 unspecified atom stereocenters. The lowest BCUT2D eigenvalue weighted by atomic mass is 9.80. The molecule has 0 amide bonds. The number of aliphatic hydroxyl groups is 1. The lowest BCUT2D eigenvalue weighted by Gasteiger charge is -2.36. The smallest absolute Gasteiger partial charge is 0.122 e. The van der Waals surface area contributed by atoms with E-state index in [0.29, 0.717) is 17.8 Å². The molecule has 4 rings (SSSR count). The van der Waals surface area contributed by atoms with Gasteiger partial charge in [-0.25, -0.2) is 0 Å². The van der Waals surface area contributed by atoms with Crippen molar-refractivity contribution in [2.24, 2.45) is 0 Å². The molecule has 2 aliphatic rings. The van der Waals surface area contributed by atoms with Gasteiger partial charge in [-0.15, -0.1) is 0 Å². The van der Waals surface area contributed by atoms with Crippen LogP contribution >= 0.6 is 0 Å². The van der Waals surface area contributed by atoms with Gasteiger partial charge in [0.05, 0.1) is 13.2 Å². The molecule has 3 nitrogen and oxygen atoms in total. The summed E-state index contributed by atoms with van der Waals surface area (Å²) in [5, 5.41) is 9.49. The molecule has 0 saturated heterocycles. The van der Waals surface area contributed by atoms with Gasteiger partial charge in [-0.3, -0.25) is 4.90 Å². The minimum absolute atomic E-state index is 0.226. The third-order valence-corrected chi connectivity index (χ3v) is 6.49. The van der Waals surface area contributed by atoms with E-state index in [1.165, 1.54) is 27.8 Å². The molecule has 0 saturated carbocycles. The van der Waals surface area contributed by atoms with Crippen molar-refractivity contribution < 1.29 is 9.84 Å². The topological polar surface area (TPSA) is 32.7 Å². The molecular weight excluding hydrogens is 346 g/mol. The van der Waals surface area contributed by atoms with Gasteiger partial charge in [-0.05, 0) is 58.1 Å². The number of aliphatic hydroxyl groups excluding tert-OH is 1. The predicted octanol–water partition coefficient (Wildman–Crippen LogP) is 4.83. The number of nitrogens with zero attached hydrogens (tertiary/aromatic N) is 1. The Morgan fingerprint density at radius 2 is 1.89 bits per heavy atom. The van der Waals surface area contributed by atoms with Gasteiger partial charge in [0.15, 0.2) is 0 Å². The number of fused-ring (bicyclic) bond motifs is 2. The molecule has 0 aromatic heterocycles. The molecule has 0 aliphatic carbocycles. The summed E-state index contributed by atoms with van der Waals surface area (Å²) in [6, 6.07) is 13.9. The van der Waals surface area contributed by atoms with Crippen molar-refractivity contribution in [2.45, 2.75) is 57.9 Å². The summed E-state index contributed by atoms with van der Waals surface area (Å²) < 4.78 is 5.78. The van der Waals surface area contributed by atoms with E-state index in [0.717, 1.165) is 44.8 Å². The van der Waals surface area contributed by atoms with Crippen LogP contribution in [0.1, 0.15) is 72.8 Å². The summed E-state index contributed by atoms with van der Waals surface area (Å²) in [7, 11) is 0. The van der Waals surface area contributed by atoms with Gasteiger partial charge in [0.2, 0.25) is 0 Å². The van der Waals surface area contributed by atoms with Gasteiger partial charge in [0.25, 0.3) is 0 Å². The van der Waals surface area contributed by atoms with Gasteiger partial charge < -0.3 is 9.84 Å². The molecule has 2 aromatic carbocycles. The van der Waals surface area contributed by atoms with Gasteiger partial charge in [-0.2, -0.15) is 0 Å². The SMILES string of the molecule is CC(C)c1ccc2c(c1)CN(CCO)CC2CC(C)c1ccc2c(c1)OCC2. The van der Waals surface area contributed by atoms with E-state index in [9.17, 15) is 5.11 Å². The Labute approximate surface area is 169 Å². The first-order valence-corrected chi connectivity index (χ1v) is 10.8. The van der Waals surface area contributed by atoms with E-state index in [-0.39, 0.29) is 6.61 Å². The van der Waals surface area contributed by atoms with Crippen LogP contribution in [0, 0.1) is 0 Å². The maximum absolute atomic E-state index is 9.49. The first-order valence-electron chi connectivity index (χ1n) is 10.8. The van der Waals surface area contributed by atoms with Gasteiger partial charge in [0, 0.05) is 26.1 Å². The van der Waals surface area contributed by atoms with Crippen LogP contribution in [0.15, 0.2) is 36.4 Å². The lowest BCUT2D eigenvalue weighted by Crippen LogP contribution is -2.36. The lowest BCUT2D eigenvalue weighted by molar-refractivity contribution is 0.168. The maximum Gasteiger partial charge on any atom is 0.122 e. The molecule has 150 valence electrons. The Morgan fingerprint density at radius 1 is 1.07 bits per heavy atom. The van der Waals surface area contributed by atoms with Gasteiger partial charge >= 0.3 is 0 Å². The number of β-amino-alcohol motifs (C(OH)–C–C–N with tert-alkyl or cyclic N) is 1. The number of rotatable bonds is 6. The second-order valence-electron chi connectivity index (χ2n) is 8.87. The predicted molar refractivity (Wildman–Crippen MR) is 114 cm³/mol. The summed E-state index contributed by atoms with van der Waals surface area (Å²) in [5.41, 5.74) is 7.07. The molecular formula is C25H33NO2. The Balaban J connectivity index is 1.57. The fraction of sp³-hybridized carbons (Fsp3) is 0.520. The fourth-order valence-corrected chi connectivity index (χ4v) is 4.80. The highest BCUT2D eigenvalue weighted by Gasteiger charge is 2.27. The maximum atomic E-state index is 9.49. The molecule has 3 heteroatoms. The molecule has 2 aromatic rings. The van der Waals surface area contributed by atoms with Crippen LogP contribution < -0.4 is 4.74 Å². The zero-order valence-corrected chi connectivity index (χ0v) is 17.4. The van der Waals surface area contributed by atoms with Crippen LogP contribution in [0.5, 0.6) is 5.75 Å². The Kier molecular flexibility index (Phi) is 5.75. The number of ether oxygens (including phenoxy) is 1. The summed E-state index contributed by atoms with van der Waals surface area (Å²) in [6.07, 6.45) is 2.16. The van der Waals surface area contributed by atoms with Crippen LogP contribution in [0.4, 0.5) is 0 Å². The average Bonchev–Trinajstić information content (AvgIpc) is 3.15. The number of hydrogen-bond acceptors (Lipinski definition) is 3. The minimum Gasteiger partial charge on any atom is -0.493 e. The van der Waals surface area contributed by atoms with E-state index in [4.69, 9.17) is 4.74 Å². The van der Waals surface area contributed by atoms with E-state index < -0.39 is 0 Å². The van der Waals surface area contributed by atoms with Crippen molar-refractivity contribution in [3.63, 3.8) is 0 Å². The fourth-order valence-electron chi connectivity index (χ4n) is 4.80. The summed E-state index contributed by atoms with van der Waals surface area (Å²) in [5.74, 6) is 2.60. The molecule has 1 N–H and O–H groups in total. The third-order valence-electron chi connectivity index (χ3n) is 6.49. The molecule has 0 radical (unpaired) electrons. The standard InChI is InChI=1S/C25H33NO2/c1-17(2)20-6-7-24-22(15-26(9-10-27)16-23(24)13-20)12-18(3)21-5-4-19-8-11-28-25(19)14-21/h4-7,13-14,17-18,22,27H,8-12,15-16H2,1-3H3. The average molecular weight is 380 g/mol. The van der Waals surface area contributed by atoms with Gasteiger partial charge in [-0.1, -0.05) is 51.1 Å². The van der Waals surface area contributed by atoms with Crippen molar-refractivity contribution in [1.82, 2.24) is 4.90 Å². The first kappa shape index (κ1) is 19.5. The minimum atomic E-state index is 0.226. The summed E-state index contributed by atoms with van der Waals surface area (Å²) in [6.45, 7) is 10.6. The van der Waals surface area contributed by atoms with E-state index >= 15 is 0 Å². The van der Waals surface area contributed by atoms with Crippen molar-refractivity contribution in [1.29, 1.82) is 0 Å². The summed E-state index contributed by atoms with van der Waals surface area (Å²) >= 11 is 0. The van der Waals surface area contributed by atoms with Crippen LogP contribution in [-0.2, 0) is 13.0 Å². The second-order valence-corrected chi connectivity index (χ2v) is 8.87. The third kappa shape index (κ3) is 3.97. The molecule has 0 spiro atoms.